The molecule has 126 valence electrons. The lowest BCUT2D eigenvalue weighted by molar-refractivity contribution is -0.127. The molecule has 1 unspecified atom stereocenters. The summed E-state index contributed by atoms with van der Waals surface area (Å²) in [6.45, 7) is -0.0677. The summed E-state index contributed by atoms with van der Waals surface area (Å²) in [6.07, 6.45) is 2.24. The number of amides is 3. The Morgan fingerprint density at radius 1 is 1.00 bits per heavy atom. The topological polar surface area (TPSA) is 65.2 Å². The molecule has 0 aliphatic carbocycles. The number of rotatable bonds is 4. The number of carbonyl (C=O) groups is 2. The lowest BCUT2D eigenvalue weighted by Crippen LogP contribution is -2.32. The van der Waals surface area contributed by atoms with Gasteiger partial charge in [-0.2, -0.15) is 0 Å². The molecule has 1 saturated heterocycles. The summed E-state index contributed by atoms with van der Waals surface area (Å²) in [4.78, 5) is 29.0. The second-order valence-electron chi connectivity index (χ2n) is 6.08. The van der Waals surface area contributed by atoms with Crippen LogP contribution in [0.15, 0.2) is 54.7 Å². The Balaban J connectivity index is 1.54. The molecule has 1 atom stereocenters. The van der Waals surface area contributed by atoms with Gasteiger partial charge in [-0.05, 0) is 17.7 Å². The molecule has 1 fully saturated rings. The van der Waals surface area contributed by atoms with E-state index in [1.165, 1.54) is 6.07 Å². The predicted octanol–water partition coefficient (Wildman–Crippen LogP) is 2.97. The van der Waals surface area contributed by atoms with Gasteiger partial charge in [0.05, 0.1) is 6.54 Å². The van der Waals surface area contributed by atoms with Gasteiger partial charge in [0.25, 0.3) is 5.91 Å². The van der Waals surface area contributed by atoms with Gasteiger partial charge in [0.2, 0.25) is 0 Å². The molecular weight excluding hydrogens is 321 g/mol. The Morgan fingerprint density at radius 3 is 2.60 bits per heavy atom. The first-order chi connectivity index (χ1) is 12.1. The van der Waals surface area contributed by atoms with Crippen LogP contribution in [0, 0.1) is 5.82 Å². The molecule has 1 aliphatic rings. The maximum Gasteiger partial charge on any atom is 0.325 e. The van der Waals surface area contributed by atoms with Crippen molar-refractivity contribution in [3.8, 4) is 0 Å². The highest BCUT2D eigenvalue weighted by Gasteiger charge is 2.38. The molecule has 3 aromatic rings. The van der Waals surface area contributed by atoms with E-state index < -0.39 is 17.9 Å². The first-order valence-corrected chi connectivity index (χ1v) is 8.04. The van der Waals surface area contributed by atoms with Crippen LogP contribution in [0.3, 0.4) is 0 Å². The molecule has 0 radical (unpaired) electrons. The minimum Gasteiger partial charge on any atom is -0.361 e. The van der Waals surface area contributed by atoms with Crippen LogP contribution < -0.4 is 5.32 Å². The first-order valence-electron chi connectivity index (χ1n) is 8.04. The van der Waals surface area contributed by atoms with E-state index in [1.54, 1.807) is 18.2 Å². The number of aromatic nitrogens is 1. The number of H-pyrrole nitrogens is 1. The average molecular weight is 337 g/mol. The number of imide groups is 1. The van der Waals surface area contributed by atoms with E-state index in [1.807, 2.05) is 30.5 Å². The van der Waals surface area contributed by atoms with Crippen LogP contribution >= 0.6 is 0 Å². The smallest absolute Gasteiger partial charge is 0.325 e. The number of halogens is 1. The summed E-state index contributed by atoms with van der Waals surface area (Å²) in [5.41, 5.74) is 2.26. The largest absolute Gasteiger partial charge is 0.361 e. The predicted molar refractivity (Wildman–Crippen MR) is 91.3 cm³/mol. The molecule has 3 amide bonds. The number of nitrogens with one attached hydrogen (secondary N) is 2. The summed E-state index contributed by atoms with van der Waals surface area (Å²) in [5.74, 6) is -0.762. The Morgan fingerprint density at radius 2 is 1.76 bits per heavy atom. The van der Waals surface area contributed by atoms with Gasteiger partial charge in [-0.1, -0.05) is 36.4 Å². The highest BCUT2D eigenvalue weighted by Crippen LogP contribution is 2.22. The Labute approximate surface area is 143 Å². The molecule has 1 aliphatic heterocycles. The third-order valence-corrected chi connectivity index (χ3v) is 4.49. The van der Waals surface area contributed by atoms with Gasteiger partial charge in [-0.3, -0.25) is 9.69 Å². The van der Waals surface area contributed by atoms with Gasteiger partial charge in [0.1, 0.15) is 11.9 Å². The van der Waals surface area contributed by atoms with Crippen LogP contribution in [0.5, 0.6) is 0 Å². The van der Waals surface area contributed by atoms with Crippen LogP contribution in [0.1, 0.15) is 11.1 Å². The number of hydrogen-bond acceptors (Lipinski definition) is 2. The van der Waals surface area contributed by atoms with E-state index in [0.717, 1.165) is 21.4 Å². The van der Waals surface area contributed by atoms with E-state index in [2.05, 4.69) is 10.3 Å². The molecule has 6 heteroatoms. The minimum atomic E-state index is -0.640. The fraction of sp³-hybridized carbons (Fsp3) is 0.158. The minimum absolute atomic E-state index is 0.0677. The maximum atomic E-state index is 13.8. The van der Waals surface area contributed by atoms with Crippen molar-refractivity contribution in [2.75, 3.05) is 0 Å². The Hall–Kier alpha value is -3.15. The van der Waals surface area contributed by atoms with Gasteiger partial charge < -0.3 is 10.3 Å². The van der Waals surface area contributed by atoms with Gasteiger partial charge in [-0.25, -0.2) is 9.18 Å². The highest BCUT2D eigenvalue weighted by atomic mass is 19.1. The average Bonchev–Trinajstić information content (AvgIpc) is 3.13. The Bertz CT molecular complexity index is 966. The van der Waals surface area contributed by atoms with E-state index in [0.29, 0.717) is 12.0 Å². The van der Waals surface area contributed by atoms with Crippen molar-refractivity contribution in [2.45, 2.75) is 19.0 Å². The lowest BCUT2D eigenvalue weighted by Gasteiger charge is -2.13. The monoisotopic (exact) mass is 337 g/mol. The number of urea groups is 1. The molecule has 2 N–H and O–H groups in total. The van der Waals surface area contributed by atoms with Crippen LogP contribution in [0.4, 0.5) is 9.18 Å². The Kier molecular flexibility index (Phi) is 3.72. The number of fused-ring (bicyclic) bond motifs is 1. The van der Waals surface area contributed by atoms with E-state index >= 15 is 0 Å². The number of carbonyl (C=O) groups excluding carboxylic acids is 2. The van der Waals surface area contributed by atoms with Crippen molar-refractivity contribution >= 4 is 22.8 Å². The molecule has 5 nitrogen and oxygen atoms in total. The van der Waals surface area contributed by atoms with Gasteiger partial charge in [0.15, 0.2) is 0 Å². The van der Waals surface area contributed by atoms with E-state index in [-0.39, 0.29) is 12.5 Å². The number of hydrogen-bond donors (Lipinski definition) is 2. The van der Waals surface area contributed by atoms with Gasteiger partial charge in [-0.15, -0.1) is 0 Å². The molecule has 25 heavy (non-hydrogen) atoms. The van der Waals surface area contributed by atoms with Crippen molar-refractivity contribution in [3.05, 3.63) is 71.7 Å². The molecule has 1 aromatic heterocycles. The molecule has 0 saturated carbocycles. The van der Waals surface area contributed by atoms with E-state index in [4.69, 9.17) is 0 Å². The number of aromatic amines is 1. The third-order valence-electron chi connectivity index (χ3n) is 4.49. The molecular formula is C19H16FN3O2. The summed E-state index contributed by atoms with van der Waals surface area (Å²) in [5, 5.41) is 3.72. The standard InChI is InChI=1S/C19H16FN3O2/c20-15-7-3-1-5-12(15)11-23-18(24)17(22-19(23)25)9-13-10-21-16-8-4-2-6-14(13)16/h1-8,10,17,21H,9,11H2,(H,22,25). The lowest BCUT2D eigenvalue weighted by atomic mass is 10.0. The normalized spacial score (nSPS) is 17.3. The van der Waals surface area contributed by atoms with Crippen LogP contribution in [0.25, 0.3) is 10.9 Å². The summed E-state index contributed by atoms with van der Waals surface area (Å²) < 4.78 is 13.8. The summed E-state index contributed by atoms with van der Waals surface area (Å²) >= 11 is 0. The SMILES string of the molecule is O=C1NC(Cc2c[nH]c3ccccc23)C(=O)N1Cc1ccccc1F. The molecule has 4 rings (SSSR count). The molecule has 0 bridgehead atoms. The molecule has 2 heterocycles. The van der Waals surface area contributed by atoms with Crippen molar-refractivity contribution in [1.29, 1.82) is 0 Å². The summed E-state index contributed by atoms with van der Waals surface area (Å²) in [7, 11) is 0. The van der Waals surface area contributed by atoms with Crippen molar-refractivity contribution < 1.29 is 14.0 Å². The van der Waals surface area contributed by atoms with Crippen molar-refractivity contribution in [1.82, 2.24) is 15.2 Å². The zero-order chi connectivity index (χ0) is 17.4. The van der Waals surface area contributed by atoms with Crippen molar-refractivity contribution in [2.24, 2.45) is 0 Å². The quantitative estimate of drug-likeness (QED) is 0.719. The number of para-hydroxylation sites is 1. The van der Waals surface area contributed by atoms with Crippen LogP contribution in [0.2, 0.25) is 0 Å². The number of nitrogens with zero attached hydrogens (tertiary/aromatic N) is 1. The zero-order valence-corrected chi connectivity index (χ0v) is 13.3. The van der Waals surface area contributed by atoms with E-state index in [9.17, 15) is 14.0 Å². The fourth-order valence-electron chi connectivity index (χ4n) is 3.18. The van der Waals surface area contributed by atoms with Gasteiger partial charge in [0, 0.05) is 29.1 Å². The zero-order valence-electron chi connectivity index (χ0n) is 13.3. The summed E-state index contributed by atoms with van der Waals surface area (Å²) in [6, 6.07) is 12.8. The third kappa shape index (κ3) is 2.76. The highest BCUT2D eigenvalue weighted by molar-refractivity contribution is 6.04. The second kappa shape index (κ2) is 6.05. The molecule has 0 spiro atoms. The second-order valence-corrected chi connectivity index (χ2v) is 6.08. The van der Waals surface area contributed by atoms with Crippen LogP contribution in [-0.4, -0.2) is 27.9 Å². The first kappa shape index (κ1) is 15.4. The molecule has 2 aromatic carbocycles. The van der Waals surface area contributed by atoms with Gasteiger partial charge >= 0.3 is 6.03 Å². The van der Waals surface area contributed by atoms with Crippen LogP contribution in [-0.2, 0) is 17.8 Å². The number of benzene rings is 2. The maximum absolute atomic E-state index is 13.8. The van der Waals surface area contributed by atoms with Crippen molar-refractivity contribution in [3.63, 3.8) is 0 Å². The fourth-order valence-corrected chi connectivity index (χ4v) is 3.18.